The molecular formula is C12H13Cl2N5O2S. The Labute approximate surface area is 138 Å². The second kappa shape index (κ2) is 6.66. The van der Waals surface area contributed by atoms with E-state index in [0.29, 0.717) is 21.6 Å². The normalized spacial score (nSPS) is 11.5. The number of benzene rings is 1. The van der Waals surface area contributed by atoms with E-state index in [9.17, 15) is 8.42 Å². The van der Waals surface area contributed by atoms with E-state index < -0.39 is 10.2 Å². The molecule has 0 bridgehead atoms. The molecule has 1 aromatic carbocycles. The van der Waals surface area contributed by atoms with Gasteiger partial charge in [0.15, 0.2) is 11.6 Å². The number of nitrogens with zero attached hydrogens (tertiary/aromatic N) is 3. The van der Waals surface area contributed by atoms with Gasteiger partial charge in [0.05, 0.1) is 10.7 Å². The molecule has 0 atom stereocenters. The first-order valence-electron chi connectivity index (χ1n) is 6.04. The largest absolute Gasteiger partial charge is 0.338 e. The van der Waals surface area contributed by atoms with Gasteiger partial charge in [0, 0.05) is 19.1 Å². The van der Waals surface area contributed by atoms with Crippen molar-refractivity contribution in [1.82, 2.24) is 14.5 Å². The molecule has 0 fully saturated rings. The second-order valence-electron chi connectivity index (χ2n) is 4.44. The fourth-order valence-corrected chi connectivity index (χ4v) is 2.42. The highest BCUT2D eigenvalue weighted by atomic mass is 35.5. The van der Waals surface area contributed by atoms with Gasteiger partial charge in [-0.25, -0.2) is 0 Å². The molecule has 10 heteroatoms. The third-order valence-electron chi connectivity index (χ3n) is 2.57. The number of hydrogen-bond donors (Lipinski definition) is 2. The molecule has 0 spiro atoms. The summed E-state index contributed by atoms with van der Waals surface area (Å²) < 4.78 is 26.6. The maximum absolute atomic E-state index is 11.7. The van der Waals surface area contributed by atoms with Gasteiger partial charge >= 0.3 is 10.2 Å². The standard InChI is InChI=1S/C12H13Cl2N5O2S/c1-19(2)22(20,21)18-12-6-5-11(16-17-12)15-10-4-3-8(13)7-9(10)14/h3-7H,1-2H3,(H,15,16)(H,17,18). The van der Waals surface area contributed by atoms with E-state index in [1.165, 1.54) is 20.2 Å². The third kappa shape index (κ3) is 4.20. The SMILES string of the molecule is CN(C)S(=O)(=O)Nc1ccc(Nc2ccc(Cl)cc2Cl)nn1. The lowest BCUT2D eigenvalue weighted by Crippen LogP contribution is -2.29. The average Bonchev–Trinajstić information content (AvgIpc) is 2.43. The van der Waals surface area contributed by atoms with Crippen molar-refractivity contribution < 1.29 is 8.42 Å². The summed E-state index contributed by atoms with van der Waals surface area (Å²) >= 11 is 11.9. The van der Waals surface area contributed by atoms with Crippen molar-refractivity contribution >= 4 is 50.7 Å². The minimum Gasteiger partial charge on any atom is -0.338 e. The van der Waals surface area contributed by atoms with Crippen molar-refractivity contribution in [2.75, 3.05) is 24.1 Å². The van der Waals surface area contributed by atoms with Crippen LogP contribution in [0.3, 0.4) is 0 Å². The molecule has 118 valence electrons. The predicted molar refractivity (Wildman–Crippen MR) is 88.0 cm³/mol. The molecule has 0 amide bonds. The van der Waals surface area contributed by atoms with E-state index in [0.717, 1.165) is 4.31 Å². The minimum absolute atomic E-state index is 0.112. The summed E-state index contributed by atoms with van der Waals surface area (Å²) in [6.45, 7) is 0. The van der Waals surface area contributed by atoms with Crippen LogP contribution in [-0.4, -0.2) is 37.0 Å². The van der Waals surface area contributed by atoms with E-state index in [1.54, 1.807) is 24.3 Å². The van der Waals surface area contributed by atoms with Crippen LogP contribution in [0, 0.1) is 0 Å². The number of halogens is 2. The van der Waals surface area contributed by atoms with Gasteiger partial charge in [-0.1, -0.05) is 23.2 Å². The molecule has 1 aromatic heterocycles. The summed E-state index contributed by atoms with van der Waals surface area (Å²) in [5.41, 5.74) is 0.613. The number of anilines is 3. The van der Waals surface area contributed by atoms with Crippen molar-refractivity contribution in [1.29, 1.82) is 0 Å². The van der Waals surface area contributed by atoms with Crippen molar-refractivity contribution in [3.05, 3.63) is 40.4 Å². The van der Waals surface area contributed by atoms with Crippen LogP contribution in [-0.2, 0) is 10.2 Å². The molecule has 0 radical (unpaired) electrons. The smallest absolute Gasteiger partial charge is 0.302 e. The Morgan fingerprint density at radius 1 is 1.05 bits per heavy atom. The molecule has 0 aliphatic carbocycles. The molecule has 0 saturated carbocycles. The van der Waals surface area contributed by atoms with E-state index in [-0.39, 0.29) is 5.82 Å². The molecule has 0 saturated heterocycles. The second-order valence-corrected chi connectivity index (χ2v) is 7.17. The Morgan fingerprint density at radius 2 is 1.68 bits per heavy atom. The number of hydrogen-bond acceptors (Lipinski definition) is 5. The summed E-state index contributed by atoms with van der Waals surface area (Å²) in [4.78, 5) is 0. The highest BCUT2D eigenvalue weighted by molar-refractivity contribution is 7.90. The highest BCUT2D eigenvalue weighted by Crippen LogP contribution is 2.27. The number of nitrogens with one attached hydrogen (secondary N) is 2. The van der Waals surface area contributed by atoms with Gasteiger partial charge in [-0.15, -0.1) is 10.2 Å². The van der Waals surface area contributed by atoms with Gasteiger partial charge < -0.3 is 5.32 Å². The fraction of sp³-hybridized carbons (Fsp3) is 0.167. The quantitative estimate of drug-likeness (QED) is 0.854. The van der Waals surface area contributed by atoms with E-state index >= 15 is 0 Å². The fourth-order valence-electron chi connectivity index (χ4n) is 1.41. The average molecular weight is 362 g/mol. The molecule has 0 aliphatic rings. The lowest BCUT2D eigenvalue weighted by atomic mass is 10.3. The van der Waals surface area contributed by atoms with Crippen LogP contribution < -0.4 is 10.0 Å². The van der Waals surface area contributed by atoms with Crippen molar-refractivity contribution in [3.8, 4) is 0 Å². The zero-order valence-corrected chi connectivity index (χ0v) is 14.0. The van der Waals surface area contributed by atoms with Gasteiger partial charge in [-0.2, -0.15) is 12.7 Å². The number of rotatable bonds is 5. The topological polar surface area (TPSA) is 87.2 Å². The van der Waals surface area contributed by atoms with Crippen LogP contribution in [0.5, 0.6) is 0 Å². The molecule has 2 aromatic rings. The Kier molecular flexibility index (Phi) is 5.07. The molecule has 1 heterocycles. The van der Waals surface area contributed by atoms with Crippen LogP contribution >= 0.6 is 23.2 Å². The molecule has 2 N–H and O–H groups in total. The maximum Gasteiger partial charge on any atom is 0.302 e. The van der Waals surface area contributed by atoms with Crippen molar-refractivity contribution in [3.63, 3.8) is 0 Å². The molecule has 0 aliphatic heterocycles. The van der Waals surface area contributed by atoms with E-state index in [4.69, 9.17) is 23.2 Å². The summed E-state index contributed by atoms with van der Waals surface area (Å²) in [7, 11) is -0.788. The lowest BCUT2D eigenvalue weighted by molar-refractivity contribution is 0.526. The van der Waals surface area contributed by atoms with Crippen LogP contribution in [0.25, 0.3) is 0 Å². The maximum atomic E-state index is 11.7. The van der Waals surface area contributed by atoms with Crippen LogP contribution in [0.2, 0.25) is 10.0 Å². The van der Waals surface area contributed by atoms with E-state index in [1.807, 2.05) is 0 Å². The predicted octanol–water partition coefficient (Wildman–Crippen LogP) is 2.75. The molecular weight excluding hydrogens is 349 g/mol. The summed E-state index contributed by atoms with van der Waals surface area (Å²) in [6.07, 6.45) is 0. The first-order valence-corrected chi connectivity index (χ1v) is 8.23. The molecule has 7 nitrogen and oxygen atoms in total. The van der Waals surface area contributed by atoms with Crippen molar-refractivity contribution in [2.24, 2.45) is 0 Å². The monoisotopic (exact) mass is 361 g/mol. The Balaban J connectivity index is 2.12. The molecule has 2 rings (SSSR count). The zero-order chi connectivity index (χ0) is 16.3. The Bertz CT molecular complexity index is 766. The van der Waals surface area contributed by atoms with Crippen LogP contribution in [0.1, 0.15) is 0 Å². The minimum atomic E-state index is -3.61. The van der Waals surface area contributed by atoms with Gasteiger partial charge in [0.1, 0.15) is 0 Å². The first-order chi connectivity index (χ1) is 10.3. The van der Waals surface area contributed by atoms with Crippen molar-refractivity contribution in [2.45, 2.75) is 0 Å². The van der Waals surface area contributed by atoms with Crippen LogP contribution in [0.4, 0.5) is 17.3 Å². The summed E-state index contributed by atoms with van der Waals surface area (Å²) in [5, 5.41) is 11.6. The zero-order valence-electron chi connectivity index (χ0n) is 11.7. The Hall–Kier alpha value is -1.61. The van der Waals surface area contributed by atoms with Gasteiger partial charge in [0.2, 0.25) is 0 Å². The van der Waals surface area contributed by atoms with Crippen LogP contribution in [0.15, 0.2) is 30.3 Å². The summed E-state index contributed by atoms with van der Waals surface area (Å²) in [6, 6.07) is 8.04. The number of aromatic nitrogens is 2. The highest BCUT2D eigenvalue weighted by Gasteiger charge is 2.14. The summed E-state index contributed by atoms with van der Waals surface area (Å²) in [5.74, 6) is 0.526. The Morgan fingerprint density at radius 3 is 2.23 bits per heavy atom. The van der Waals surface area contributed by atoms with Gasteiger partial charge in [0.25, 0.3) is 0 Å². The molecule has 22 heavy (non-hydrogen) atoms. The lowest BCUT2D eigenvalue weighted by Gasteiger charge is -2.12. The first kappa shape index (κ1) is 16.8. The molecule has 0 unspecified atom stereocenters. The van der Waals surface area contributed by atoms with Gasteiger partial charge in [-0.05, 0) is 30.3 Å². The van der Waals surface area contributed by atoms with E-state index in [2.05, 4.69) is 20.2 Å². The third-order valence-corrected chi connectivity index (χ3v) is 4.55. The van der Waals surface area contributed by atoms with Gasteiger partial charge in [-0.3, -0.25) is 4.72 Å².